The molecule has 2 aromatic rings. The Kier molecular flexibility index (Phi) is 2.70. The van der Waals surface area contributed by atoms with Gasteiger partial charge in [-0.2, -0.15) is 5.26 Å². The van der Waals surface area contributed by atoms with Gasteiger partial charge in [-0.3, -0.25) is 0 Å². The third-order valence-electron chi connectivity index (χ3n) is 1.94. The molecule has 0 spiro atoms. The predicted molar refractivity (Wildman–Crippen MR) is 59.9 cm³/mol. The zero-order valence-electron chi connectivity index (χ0n) is 8.42. The summed E-state index contributed by atoms with van der Waals surface area (Å²) in [6.07, 6.45) is 1.57. The zero-order valence-corrected chi connectivity index (χ0v) is 8.42. The van der Waals surface area contributed by atoms with Gasteiger partial charge in [0.25, 0.3) is 0 Å². The van der Waals surface area contributed by atoms with Gasteiger partial charge in [0.15, 0.2) is 0 Å². The van der Waals surface area contributed by atoms with E-state index in [9.17, 15) is 0 Å². The minimum atomic E-state index is 0.412. The number of pyridine rings is 1. The number of anilines is 1. The lowest BCUT2D eigenvalue weighted by molar-refractivity contribution is 0.463. The van der Waals surface area contributed by atoms with Crippen LogP contribution in [0.4, 0.5) is 5.69 Å². The van der Waals surface area contributed by atoms with Crippen molar-refractivity contribution < 1.29 is 4.74 Å². The SMILES string of the molecule is N#Cc1cccc(Oc2cc(N)ccn2)c1. The average Bonchev–Trinajstić information content (AvgIpc) is 2.29. The van der Waals surface area contributed by atoms with Crippen molar-refractivity contribution in [2.75, 3.05) is 5.73 Å². The van der Waals surface area contributed by atoms with E-state index in [-0.39, 0.29) is 0 Å². The van der Waals surface area contributed by atoms with Gasteiger partial charge in [0, 0.05) is 18.0 Å². The van der Waals surface area contributed by atoms with Gasteiger partial charge in [-0.25, -0.2) is 4.98 Å². The van der Waals surface area contributed by atoms with Gasteiger partial charge >= 0.3 is 0 Å². The van der Waals surface area contributed by atoms with E-state index in [1.807, 2.05) is 6.07 Å². The van der Waals surface area contributed by atoms with Gasteiger partial charge in [-0.05, 0) is 24.3 Å². The number of ether oxygens (including phenoxy) is 1. The normalized spacial score (nSPS) is 9.44. The van der Waals surface area contributed by atoms with Crippen LogP contribution in [0.3, 0.4) is 0 Å². The lowest BCUT2D eigenvalue weighted by Gasteiger charge is -2.04. The van der Waals surface area contributed by atoms with Crippen molar-refractivity contribution in [2.45, 2.75) is 0 Å². The molecule has 2 N–H and O–H groups in total. The second-order valence-electron chi connectivity index (χ2n) is 3.17. The monoisotopic (exact) mass is 211 g/mol. The summed E-state index contributed by atoms with van der Waals surface area (Å²) in [4.78, 5) is 4.01. The molecule has 16 heavy (non-hydrogen) atoms. The molecule has 78 valence electrons. The predicted octanol–water partition coefficient (Wildman–Crippen LogP) is 2.33. The van der Waals surface area contributed by atoms with Crippen LogP contribution in [-0.2, 0) is 0 Å². The van der Waals surface area contributed by atoms with Crippen LogP contribution in [0.1, 0.15) is 5.56 Å². The molecule has 0 radical (unpaired) electrons. The van der Waals surface area contributed by atoms with E-state index in [0.717, 1.165) is 0 Å². The first-order chi connectivity index (χ1) is 7.78. The van der Waals surface area contributed by atoms with Crippen molar-refractivity contribution >= 4 is 5.69 Å². The first-order valence-electron chi connectivity index (χ1n) is 4.67. The number of nitrogens with two attached hydrogens (primary N) is 1. The van der Waals surface area contributed by atoms with E-state index in [1.165, 1.54) is 0 Å². The van der Waals surface area contributed by atoms with Crippen LogP contribution in [0.2, 0.25) is 0 Å². The molecular formula is C12H9N3O. The first kappa shape index (κ1) is 9.99. The van der Waals surface area contributed by atoms with Crippen LogP contribution in [0, 0.1) is 11.3 Å². The highest BCUT2D eigenvalue weighted by Gasteiger charge is 1.99. The molecule has 0 amide bonds. The van der Waals surface area contributed by atoms with Crippen LogP contribution < -0.4 is 10.5 Å². The van der Waals surface area contributed by atoms with Gasteiger partial charge in [0.05, 0.1) is 11.6 Å². The Hall–Kier alpha value is -2.54. The molecule has 4 heteroatoms. The third-order valence-corrected chi connectivity index (χ3v) is 1.94. The molecule has 1 heterocycles. The molecule has 0 aliphatic carbocycles. The van der Waals surface area contributed by atoms with Crippen molar-refractivity contribution in [1.29, 1.82) is 5.26 Å². The van der Waals surface area contributed by atoms with Gasteiger partial charge in [0.1, 0.15) is 5.75 Å². The summed E-state index contributed by atoms with van der Waals surface area (Å²) in [5.74, 6) is 0.979. The van der Waals surface area contributed by atoms with E-state index in [1.54, 1.807) is 42.6 Å². The largest absolute Gasteiger partial charge is 0.439 e. The van der Waals surface area contributed by atoms with Crippen LogP contribution in [0.25, 0.3) is 0 Å². The Labute approximate surface area is 92.9 Å². The average molecular weight is 211 g/mol. The van der Waals surface area contributed by atoms with E-state index < -0.39 is 0 Å². The van der Waals surface area contributed by atoms with Gasteiger partial charge in [0.2, 0.25) is 5.88 Å². The number of nitrogen functional groups attached to an aromatic ring is 1. The quantitative estimate of drug-likeness (QED) is 0.827. The summed E-state index contributed by atoms with van der Waals surface area (Å²) in [5, 5.41) is 8.73. The first-order valence-corrected chi connectivity index (χ1v) is 4.67. The van der Waals surface area contributed by atoms with Crippen LogP contribution >= 0.6 is 0 Å². The Morgan fingerprint density at radius 2 is 2.12 bits per heavy atom. The molecule has 0 bridgehead atoms. The molecule has 0 atom stereocenters. The fourth-order valence-corrected chi connectivity index (χ4v) is 1.23. The molecule has 0 saturated carbocycles. The minimum Gasteiger partial charge on any atom is -0.439 e. The zero-order chi connectivity index (χ0) is 11.4. The molecule has 1 aromatic carbocycles. The summed E-state index contributed by atoms with van der Waals surface area (Å²) in [7, 11) is 0. The van der Waals surface area contributed by atoms with Crippen molar-refractivity contribution in [1.82, 2.24) is 4.98 Å². The number of hydrogen-bond acceptors (Lipinski definition) is 4. The van der Waals surface area contributed by atoms with E-state index in [4.69, 9.17) is 15.7 Å². The van der Waals surface area contributed by atoms with Crippen LogP contribution in [0.5, 0.6) is 11.6 Å². The molecule has 0 unspecified atom stereocenters. The molecule has 1 aromatic heterocycles. The highest BCUT2D eigenvalue weighted by Crippen LogP contribution is 2.21. The summed E-state index contributed by atoms with van der Waals surface area (Å²) >= 11 is 0. The van der Waals surface area contributed by atoms with Crippen LogP contribution in [0.15, 0.2) is 42.6 Å². The number of hydrogen-bond donors (Lipinski definition) is 1. The second-order valence-corrected chi connectivity index (χ2v) is 3.17. The molecule has 0 saturated heterocycles. The summed E-state index contributed by atoms with van der Waals surface area (Å²) in [6, 6.07) is 12.2. The molecular weight excluding hydrogens is 202 g/mol. The fourth-order valence-electron chi connectivity index (χ4n) is 1.23. The number of rotatable bonds is 2. The smallest absolute Gasteiger partial charge is 0.221 e. The van der Waals surface area contributed by atoms with Crippen LogP contribution in [-0.4, -0.2) is 4.98 Å². The maximum atomic E-state index is 8.73. The Bertz CT molecular complexity index is 546. The molecule has 4 nitrogen and oxygen atoms in total. The lowest BCUT2D eigenvalue weighted by atomic mass is 10.2. The topological polar surface area (TPSA) is 71.9 Å². The van der Waals surface area contributed by atoms with E-state index in [0.29, 0.717) is 22.9 Å². The Morgan fingerprint density at radius 1 is 1.25 bits per heavy atom. The second kappa shape index (κ2) is 4.32. The number of aromatic nitrogens is 1. The van der Waals surface area contributed by atoms with Gasteiger partial charge in [-0.1, -0.05) is 6.07 Å². The number of nitrogens with zero attached hydrogens (tertiary/aromatic N) is 2. The van der Waals surface area contributed by atoms with Gasteiger partial charge in [-0.15, -0.1) is 0 Å². The summed E-state index contributed by atoms with van der Waals surface area (Å²) in [6.45, 7) is 0. The summed E-state index contributed by atoms with van der Waals surface area (Å²) < 4.78 is 5.46. The molecule has 0 aliphatic rings. The van der Waals surface area contributed by atoms with E-state index in [2.05, 4.69) is 4.98 Å². The maximum Gasteiger partial charge on any atom is 0.221 e. The highest BCUT2D eigenvalue weighted by atomic mass is 16.5. The third kappa shape index (κ3) is 2.28. The molecule has 0 aliphatic heterocycles. The fraction of sp³-hybridized carbons (Fsp3) is 0. The standard InChI is InChI=1S/C12H9N3O/c13-8-9-2-1-3-11(6-9)16-12-7-10(14)4-5-15-12/h1-7H,(H2,14,15). The van der Waals surface area contributed by atoms with Crippen molar-refractivity contribution in [3.8, 4) is 17.7 Å². The Morgan fingerprint density at radius 3 is 2.88 bits per heavy atom. The van der Waals surface area contributed by atoms with Crippen molar-refractivity contribution in [3.63, 3.8) is 0 Å². The van der Waals surface area contributed by atoms with Crippen molar-refractivity contribution in [3.05, 3.63) is 48.2 Å². The summed E-state index contributed by atoms with van der Waals surface area (Å²) in [5.41, 5.74) is 6.72. The molecule has 2 rings (SSSR count). The van der Waals surface area contributed by atoms with E-state index >= 15 is 0 Å². The lowest BCUT2D eigenvalue weighted by Crippen LogP contribution is -1.90. The van der Waals surface area contributed by atoms with Crippen molar-refractivity contribution in [2.24, 2.45) is 0 Å². The number of nitriles is 1. The molecule has 0 fully saturated rings. The number of benzene rings is 1. The minimum absolute atomic E-state index is 0.412. The maximum absolute atomic E-state index is 8.73. The Balaban J connectivity index is 2.24. The highest BCUT2D eigenvalue weighted by molar-refractivity contribution is 5.42. The van der Waals surface area contributed by atoms with Gasteiger partial charge < -0.3 is 10.5 Å².